The molecule has 0 heterocycles. The Balaban J connectivity index is 4.35. The van der Waals surface area contributed by atoms with Crippen molar-refractivity contribution in [2.24, 2.45) is 0 Å². The Hall–Kier alpha value is -0.130. The molecular weight excluding hydrogens is 190 g/mol. The smallest absolute Gasteiger partial charge is 0.214 e. The number of nitrogens with one attached hydrogen (secondary N) is 1. The van der Waals surface area contributed by atoms with Gasteiger partial charge in [-0.25, -0.2) is 13.1 Å². The van der Waals surface area contributed by atoms with Gasteiger partial charge in [0.05, 0.1) is 11.4 Å². The zero-order valence-corrected chi connectivity index (χ0v) is 9.73. The highest BCUT2D eigenvalue weighted by Crippen LogP contribution is 2.10. The maximum Gasteiger partial charge on any atom is 0.214 e. The van der Waals surface area contributed by atoms with Crippen molar-refractivity contribution < 1.29 is 13.2 Å². The van der Waals surface area contributed by atoms with E-state index in [4.69, 9.17) is 4.74 Å². The molecule has 0 saturated carbocycles. The fourth-order valence-corrected chi connectivity index (χ4v) is 2.75. The Morgan fingerprint density at radius 3 is 2.15 bits per heavy atom. The fourth-order valence-electron chi connectivity index (χ4n) is 0.917. The van der Waals surface area contributed by atoms with E-state index in [-0.39, 0.29) is 11.8 Å². The highest BCUT2D eigenvalue weighted by Gasteiger charge is 2.25. The first-order chi connectivity index (χ1) is 5.68. The second-order valence-electron chi connectivity index (χ2n) is 4.00. The molecule has 0 aromatic carbocycles. The Bertz CT molecular complexity index is 244. The lowest BCUT2D eigenvalue weighted by molar-refractivity contribution is 0.0423. The average molecular weight is 209 g/mol. The molecule has 1 N–H and O–H groups in total. The maximum absolute atomic E-state index is 11.4. The van der Waals surface area contributed by atoms with E-state index < -0.39 is 15.6 Å². The average Bonchev–Trinajstić information content (AvgIpc) is 1.81. The molecule has 0 bridgehead atoms. The largest absolute Gasteiger partial charge is 0.378 e. The van der Waals surface area contributed by atoms with E-state index in [0.717, 1.165) is 0 Å². The summed E-state index contributed by atoms with van der Waals surface area (Å²) >= 11 is 0. The molecule has 0 aliphatic rings. The molecule has 4 nitrogen and oxygen atoms in total. The molecule has 0 spiro atoms. The first kappa shape index (κ1) is 12.9. The molecule has 0 rings (SSSR count). The Labute approximate surface area is 80.7 Å². The monoisotopic (exact) mass is 209 g/mol. The van der Waals surface area contributed by atoms with Crippen LogP contribution in [0, 0.1) is 0 Å². The molecule has 0 radical (unpaired) electrons. The van der Waals surface area contributed by atoms with Crippen molar-refractivity contribution in [3.8, 4) is 0 Å². The Morgan fingerprint density at radius 1 is 1.38 bits per heavy atom. The normalized spacial score (nSPS) is 13.7. The van der Waals surface area contributed by atoms with Crippen LogP contribution in [0.15, 0.2) is 0 Å². The second kappa shape index (κ2) is 4.39. The summed E-state index contributed by atoms with van der Waals surface area (Å²) in [4.78, 5) is 0. The number of hydrogen-bond donors (Lipinski definition) is 1. The van der Waals surface area contributed by atoms with Crippen LogP contribution in [0.2, 0.25) is 0 Å². The number of hydrogen-bond acceptors (Lipinski definition) is 3. The minimum absolute atomic E-state index is 0.0192. The van der Waals surface area contributed by atoms with E-state index in [0.29, 0.717) is 0 Å². The second-order valence-corrected chi connectivity index (χ2v) is 5.75. The van der Waals surface area contributed by atoms with Gasteiger partial charge in [0.25, 0.3) is 0 Å². The van der Waals surface area contributed by atoms with Crippen LogP contribution in [0.1, 0.15) is 27.7 Å². The maximum atomic E-state index is 11.4. The molecule has 0 saturated heterocycles. The summed E-state index contributed by atoms with van der Waals surface area (Å²) in [7, 11) is -1.72. The van der Waals surface area contributed by atoms with Crippen LogP contribution in [0.4, 0.5) is 0 Å². The lowest BCUT2D eigenvalue weighted by Crippen LogP contribution is -2.41. The van der Waals surface area contributed by atoms with Crippen LogP contribution < -0.4 is 4.72 Å². The Kier molecular flexibility index (Phi) is 4.35. The molecule has 13 heavy (non-hydrogen) atoms. The highest BCUT2D eigenvalue weighted by atomic mass is 32.2. The number of sulfonamides is 1. The van der Waals surface area contributed by atoms with Crippen LogP contribution >= 0.6 is 0 Å². The minimum atomic E-state index is -3.23. The first-order valence-corrected chi connectivity index (χ1v) is 5.89. The third-order valence-electron chi connectivity index (χ3n) is 1.51. The Morgan fingerprint density at radius 2 is 1.85 bits per heavy atom. The van der Waals surface area contributed by atoms with Crippen molar-refractivity contribution >= 4 is 10.0 Å². The summed E-state index contributed by atoms with van der Waals surface area (Å²) in [5.41, 5.74) is -0.638. The summed E-state index contributed by atoms with van der Waals surface area (Å²) in [5.74, 6) is -0.0192. The van der Waals surface area contributed by atoms with Crippen LogP contribution in [0.3, 0.4) is 0 Å². The molecule has 0 atom stereocenters. The van der Waals surface area contributed by atoms with Gasteiger partial charge >= 0.3 is 0 Å². The van der Waals surface area contributed by atoms with Crippen molar-refractivity contribution in [1.29, 1.82) is 0 Å². The zero-order valence-electron chi connectivity index (χ0n) is 8.92. The lowest BCUT2D eigenvalue weighted by atomic mass is 10.2. The highest BCUT2D eigenvalue weighted by molar-refractivity contribution is 7.89. The summed E-state index contributed by atoms with van der Waals surface area (Å²) in [5, 5.41) is 0. The van der Waals surface area contributed by atoms with Crippen LogP contribution in [0.25, 0.3) is 0 Å². The zero-order chi connectivity index (χ0) is 10.7. The van der Waals surface area contributed by atoms with E-state index >= 15 is 0 Å². The third kappa shape index (κ3) is 6.01. The van der Waals surface area contributed by atoms with Gasteiger partial charge in [-0.05, 0) is 27.7 Å². The van der Waals surface area contributed by atoms with Gasteiger partial charge in [-0.3, -0.25) is 0 Å². The first-order valence-electron chi connectivity index (χ1n) is 4.24. The fraction of sp³-hybridized carbons (Fsp3) is 1.00. The van der Waals surface area contributed by atoms with Gasteiger partial charge in [-0.2, -0.15) is 0 Å². The number of rotatable bonds is 5. The van der Waals surface area contributed by atoms with Gasteiger partial charge in [-0.15, -0.1) is 0 Å². The molecule has 0 aromatic heterocycles. The number of ether oxygens (including phenoxy) is 1. The third-order valence-corrected chi connectivity index (χ3v) is 3.41. The standard InChI is InChI=1S/C8H19NO3S/c1-7(2)9-13(10,11)6-8(3,4)12-5/h7,9H,6H2,1-5H3. The van der Waals surface area contributed by atoms with Crippen LogP contribution in [-0.2, 0) is 14.8 Å². The molecular formula is C8H19NO3S. The van der Waals surface area contributed by atoms with Gasteiger partial charge in [-0.1, -0.05) is 0 Å². The molecule has 0 amide bonds. The predicted molar refractivity (Wildman–Crippen MR) is 53.1 cm³/mol. The van der Waals surface area contributed by atoms with Crippen LogP contribution in [-0.4, -0.2) is 32.9 Å². The van der Waals surface area contributed by atoms with E-state index in [1.165, 1.54) is 7.11 Å². The van der Waals surface area contributed by atoms with Crippen molar-refractivity contribution in [3.63, 3.8) is 0 Å². The minimum Gasteiger partial charge on any atom is -0.378 e. The van der Waals surface area contributed by atoms with Gasteiger partial charge in [0.1, 0.15) is 0 Å². The molecule has 0 unspecified atom stereocenters. The molecule has 0 aliphatic heterocycles. The molecule has 80 valence electrons. The predicted octanol–water partition coefficient (Wildman–Crippen LogP) is 0.739. The van der Waals surface area contributed by atoms with E-state index in [1.807, 2.05) is 0 Å². The van der Waals surface area contributed by atoms with E-state index in [9.17, 15) is 8.42 Å². The summed E-state index contributed by atoms with van der Waals surface area (Å²) in [6.07, 6.45) is 0. The summed E-state index contributed by atoms with van der Waals surface area (Å²) < 4.78 is 30.4. The topological polar surface area (TPSA) is 55.4 Å². The van der Waals surface area contributed by atoms with Crippen molar-refractivity contribution in [2.75, 3.05) is 12.9 Å². The quantitative estimate of drug-likeness (QED) is 0.726. The van der Waals surface area contributed by atoms with Gasteiger partial charge in [0.15, 0.2) is 0 Å². The van der Waals surface area contributed by atoms with E-state index in [2.05, 4.69) is 4.72 Å². The molecule has 0 aromatic rings. The van der Waals surface area contributed by atoms with Gasteiger partial charge in [0.2, 0.25) is 10.0 Å². The van der Waals surface area contributed by atoms with Gasteiger partial charge < -0.3 is 4.74 Å². The van der Waals surface area contributed by atoms with E-state index in [1.54, 1.807) is 27.7 Å². The molecule has 0 aliphatic carbocycles. The number of methoxy groups -OCH3 is 1. The molecule has 0 fully saturated rings. The van der Waals surface area contributed by atoms with Crippen molar-refractivity contribution in [1.82, 2.24) is 4.72 Å². The summed E-state index contributed by atoms with van der Waals surface area (Å²) in [6.45, 7) is 7.06. The SMILES string of the molecule is COC(C)(C)CS(=O)(=O)NC(C)C. The van der Waals surface area contributed by atoms with Crippen molar-refractivity contribution in [2.45, 2.75) is 39.3 Å². The van der Waals surface area contributed by atoms with Gasteiger partial charge in [0, 0.05) is 13.2 Å². The summed E-state index contributed by atoms with van der Waals surface area (Å²) in [6, 6.07) is -0.0716. The lowest BCUT2D eigenvalue weighted by Gasteiger charge is -2.23. The molecule has 5 heteroatoms. The van der Waals surface area contributed by atoms with Crippen molar-refractivity contribution in [3.05, 3.63) is 0 Å². The van der Waals surface area contributed by atoms with Crippen LogP contribution in [0.5, 0.6) is 0 Å².